The summed E-state index contributed by atoms with van der Waals surface area (Å²) >= 11 is 0. The topological polar surface area (TPSA) is 71.1 Å². The molecule has 0 radical (unpaired) electrons. The number of carbonyl (C=O) groups excluding carboxylic acids is 2. The molecular weight excluding hydrogens is 502 g/mol. The number of rotatable bonds is 11. The number of carbonyl (C=O) groups is 2. The second-order valence-corrected chi connectivity index (χ2v) is 10.2. The van der Waals surface area contributed by atoms with Crippen molar-refractivity contribution < 1.29 is 19.1 Å². The Kier molecular flexibility index (Phi) is 8.58. The van der Waals surface area contributed by atoms with Gasteiger partial charge < -0.3 is 24.6 Å². The smallest absolute Gasteiger partial charge is 0.254 e. The van der Waals surface area contributed by atoms with Crippen molar-refractivity contribution in [1.82, 2.24) is 10.2 Å². The van der Waals surface area contributed by atoms with Crippen molar-refractivity contribution in [3.05, 3.63) is 89.0 Å². The van der Waals surface area contributed by atoms with Gasteiger partial charge >= 0.3 is 0 Å². The number of para-hydroxylation sites is 1. The van der Waals surface area contributed by atoms with Gasteiger partial charge in [0.05, 0.1) is 25.2 Å². The number of fused-ring (bicyclic) bond motifs is 4. The normalized spacial score (nSPS) is 17.4. The van der Waals surface area contributed by atoms with Crippen molar-refractivity contribution in [2.75, 3.05) is 44.3 Å². The monoisotopic (exact) mass is 541 g/mol. The van der Waals surface area contributed by atoms with E-state index >= 15 is 0 Å². The number of anilines is 1. The highest BCUT2D eigenvalue weighted by atomic mass is 16.5. The van der Waals surface area contributed by atoms with Crippen LogP contribution in [0, 0.1) is 0 Å². The van der Waals surface area contributed by atoms with Crippen LogP contribution in [0.1, 0.15) is 66.2 Å². The lowest BCUT2D eigenvalue weighted by Crippen LogP contribution is -2.50. The molecule has 0 saturated heterocycles. The maximum absolute atomic E-state index is 14.0. The van der Waals surface area contributed by atoms with Gasteiger partial charge in [-0.25, -0.2) is 0 Å². The molecule has 0 unspecified atom stereocenters. The van der Waals surface area contributed by atoms with Crippen LogP contribution < -0.4 is 19.7 Å². The number of amides is 2. The highest BCUT2D eigenvalue weighted by Crippen LogP contribution is 2.48. The first-order chi connectivity index (χ1) is 19.6. The Morgan fingerprint density at radius 3 is 2.38 bits per heavy atom. The number of hydrogen-bond donors (Lipinski definition) is 1. The van der Waals surface area contributed by atoms with Gasteiger partial charge in [-0.3, -0.25) is 9.59 Å². The quantitative estimate of drug-likeness (QED) is 0.331. The third-order valence-electron chi connectivity index (χ3n) is 7.87. The zero-order valence-electron chi connectivity index (χ0n) is 23.7. The first-order valence-electron chi connectivity index (χ1n) is 14.5. The van der Waals surface area contributed by atoms with Crippen LogP contribution in [-0.2, 0) is 11.2 Å². The molecule has 7 nitrogen and oxygen atoms in total. The van der Waals surface area contributed by atoms with Crippen LogP contribution in [0.15, 0.2) is 66.7 Å². The Morgan fingerprint density at radius 2 is 1.65 bits per heavy atom. The fourth-order valence-corrected chi connectivity index (χ4v) is 6.05. The van der Waals surface area contributed by atoms with Crippen molar-refractivity contribution in [2.45, 2.75) is 45.6 Å². The van der Waals surface area contributed by atoms with Gasteiger partial charge in [0, 0.05) is 37.4 Å². The van der Waals surface area contributed by atoms with Crippen molar-refractivity contribution in [3.63, 3.8) is 0 Å². The van der Waals surface area contributed by atoms with E-state index < -0.39 is 12.0 Å². The van der Waals surface area contributed by atoms with Crippen LogP contribution in [0.4, 0.5) is 5.69 Å². The molecule has 2 aliphatic heterocycles. The van der Waals surface area contributed by atoms with Gasteiger partial charge in [0.1, 0.15) is 0 Å². The zero-order valence-corrected chi connectivity index (χ0v) is 23.7. The molecule has 2 atom stereocenters. The highest BCUT2D eigenvalue weighted by molar-refractivity contribution is 6.01. The first kappa shape index (κ1) is 27.6. The second kappa shape index (κ2) is 12.5. The average molecular weight is 542 g/mol. The molecule has 3 aromatic rings. The molecule has 5 rings (SSSR count). The van der Waals surface area contributed by atoms with Crippen LogP contribution in [-0.4, -0.2) is 56.1 Å². The minimum absolute atomic E-state index is 0.0245. The number of hydrogen-bond acceptors (Lipinski definition) is 5. The van der Waals surface area contributed by atoms with Crippen molar-refractivity contribution >= 4 is 17.5 Å². The summed E-state index contributed by atoms with van der Waals surface area (Å²) in [5, 5.41) is 3.21. The molecule has 2 heterocycles. The molecule has 0 spiro atoms. The number of nitrogens with zero attached hydrogens (tertiary/aromatic N) is 2. The van der Waals surface area contributed by atoms with Crippen molar-refractivity contribution in [2.24, 2.45) is 0 Å². The van der Waals surface area contributed by atoms with E-state index in [1.807, 2.05) is 73.3 Å². The summed E-state index contributed by atoms with van der Waals surface area (Å²) in [6.45, 7) is 9.92. The number of nitrogens with one attached hydrogen (secondary N) is 1. The first-order valence-corrected chi connectivity index (χ1v) is 14.5. The van der Waals surface area contributed by atoms with Gasteiger partial charge in [-0.2, -0.15) is 0 Å². The van der Waals surface area contributed by atoms with Crippen LogP contribution in [0.25, 0.3) is 0 Å². The molecule has 0 aromatic heterocycles. The van der Waals surface area contributed by atoms with Gasteiger partial charge in [0.2, 0.25) is 5.91 Å². The van der Waals surface area contributed by atoms with Gasteiger partial charge in [-0.15, -0.1) is 0 Å². The number of benzene rings is 3. The second-order valence-electron chi connectivity index (χ2n) is 10.2. The maximum atomic E-state index is 14.0. The average Bonchev–Trinajstić information content (AvgIpc) is 2.98. The summed E-state index contributed by atoms with van der Waals surface area (Å²) in [6.07, 6.45) is 1.52. The third kappa shape index (κ3) is 5.37. The molecule has 2 aliphatic rings. The lowest BCUT2D eigenvalue weighted by molar-refractivity contribution is -0.124. The summed E-state index contributed by atoms with van der Waals surface area (Å²) < 4.78 is 11.8. The van der Waals surface area contributed by atoms with E-state index in [-0.39, 0.29) is 11.8 Å². The van der Waals surface area contributed by atoms with E-state index in [1.165, 1.54) is 5.69 Å². The predicted molar refractivity (Wildman–Crippen MR) is 157 cm³/mol. The zero-order chi connectivity index (χ0) is 28.1. The molecule has 0 bridgehead atoms. The van der Waals surface area contributed by atoms with E-state index in [1.54, 1.807) is 0 Å². The molecule has 2 amide bonds. The van der Waals surface area contributed by atoms with Gasteiger partial charge in [0.15, 0.2) is 11.5 Å². The molecule has 1 N–H and O–H groups in total. The summed E-state index contributed by atoms with van der Waals surface area (Å²) in [7, 11) is 0. The fourth-order valence-electron chi connectivity index (χ4n) is 6.05. The lowest BCUT2D eigenvalue weighted by atomic mass is 9.75. The van der Waals surface area contributed by atoms with E-state index in [0.717, 1.165) is 36.2 Å². The van der Waals surface area contributed by atoms with Gasteiger partial charge in [0.25, 0.3) is 5.91 Å². The van der Waals surface area contributed by atoms with E-state index in [4.69, 9.17) is 9.47 Å². The van der Waals surface area contributed by atoms with Gasteiger partial charge in [-0.05, 0) is 80.6 Å². The van der Waals surface area contributed by atoms with Crippen molar-refractivity contribution in [1.29, 1.82) is 0 Å². The number of ether oxygens (including phenoxy) is 2. The van der Waals surface area contributed by atoms with E-state index in [9.17, 15) is 9.59 Å². The van der Waals surface area contributed by atoms with Crippen LogP contribution in [0.3, 0.4) is 0 Å². The third-order valence-corrected chi connectivity index (χ3v) is 7.87. The Balaban J connectivity index is 1.42. The molecule has 0 saturated carbocycles. The molecule has 0 aliphatic carbocycles. The minimum atomic E-state index is -0.517. The molecule has 40 heavy (non-hydrogen) atoms. The largest absolute Gasteiger partial charge is 0.490 e. The van der Waals surface area contributed by atoms with Gasteiger partial charge in [-0.1, -0.05) is 36.4 Å². The summed E-state index contributed by atoms with van der Waals surface area (Å²) in [6, 6.07) is 21.5. The Labute approximate surface area is 237 Å². The molecule has 0 fully saturated rings. The Morgan fingerprint density at radius 1 is 0.950 bits per heavy atom. The van der Waals surface area contributed by atoms with E-state index in [2.05, 4.69) is 29.3 Å². The Bertz CT molecular complexity index is 1340. The predicted octanol–water partition coefficient (Wildman–Crippen LogP) is 5.35. The van der Waals surface area contributed by atoms with E-state index in [0.29, 0.717) is 49.8 Å². The molecule has 210 valence electrons. The summed E-state index contributed by atoms with van der Waals surface area (Å²) in [5.41, 5.74) is 4.63. The van der Waals surface area contributed by atoms with Crippen LogP contribution in [0.5, 0.6) is 11.5 Å². The van der Waals surface area contributed by atoms with Crippen LogP contribution in [0.2, 0.25) is 0 Å². The minimum Gasteiger partial charge on any atom is -0.490 e. The molecular formula is C33H39N3O4. The maximum Gasteiger partial charge on any atom is 0.254 e. The fraction of sp³-hybridized carbons (Fsp3) is 0.394. The summed E-state index contributed by atoms with van der Waals surface area (Å²) in [4.78, 5) is 31.8. The summed E-state index contributed by atoms with van der Waals surface area (Å²) in [5.74, 6) is 0.757. The molecule has 3 aromatic carbocycles. The molecule has 7 heteroatoms. The SMILES string of the molecule is CCOc1cc2c(cc1OCC)[C@H]1[C@@H](C(=O)NCCCN(CC)c3ccccc3)c3ccccc3C(=O)N1CC2. The lowest BCUT2D eigenvalue weighted by Gasteiger charge is -2.45. The van der Waals surface area contributed by atoms with Crippen molar-refractivity contribution in [3.8, 4) is 11.5 Å². The van der Waals surface area contributed by atoms with Crippen LogP contribution >= 0.6 is 0 Å². The highest BCUT2D eigenvalue weighted by Gasteiger charge is 2.46. The Hall–Kier alpha value is -4.00. The standard InChI is InChI=1S/C33H39N3O4/c1-4-35(24-13-8-7-9-14-24)19-12-18-34-32(37)30-25-15-10-11-16-26(25)33(38)36-20-17-23-21-28(39-5-2)29(40-6-3)22-27(23)31(30)36/h7-11,13-16,21-22,30-31H,4-6,12,17-20H2,1-3H3,(H,34,37)/t30-,31-/m0/s1.